The van der Waals surface area contributed by atoms with Crippen molar-refractivity contribution in [3.05, 3.63) is 39.4 Å². The Hall–Kier alpha value is -0.730. The monoisotopic (exact) mass is 317 g/mol. The Balaban J connectivity index is 2.01. The SMILES string of the molecule is CCc1ccc(S(=O)(=O)NC[C@H](O)c2cccs2)s1. The number of aliphatic hydroxyl groups is 1. The van der Waals surface area contributed by atoms with Crippen LogP contribution in [-0.2, 0) is 16.4 Å². The van der Waals surface area contributed by atoms with Crippen LogP contribution < -0.4 is 4.72 Å². The van der Waals surface area contributed by atoms with Crippen molar-refractivity contribution in [2.75, 3.05) is 6.54 Å². The van der Waals surface area contributed by atoms with E-state index in [1.165, 1.54) is 22.7 Å². The smallest absolute Gasteiger partial charge is 0.250 e. The second-order valence-electron chi connectivity index (χ2n) is 3.96. The first-order valence-corrected chi connectivity index (χ1v) is 9.00. The van der Waals surface area contributed by atoms with E-state index in [1.807, 2.05) is 24.4 Å². The van der Waals surface area contributed by atoms with Gasteiger partial charge < -0.3 is 5.11 Å². The number of aliphatic hydroxyl groups excluding tert-OH is 1. The summed E-state index contributed by atoms with van der Waals surface area (Å²) in [4.78, 5) is 1.78. The van der Waals surface area contributed by atoms with Crippen molar-refractivity contribution < 1.29 is 13.5 Å². The third kappa shape index (κ3) is 3.64. The average Bonchev–Trinajstić information content (AvgIpc) is 3.06. The van der Waals surface area contributed by atoms with Gasteiger partial charge in [-0.3, -0.25) is 0 Å². The first-order chi connectivity index (χ1) is 9.03. The van der Waals surface area contributed by atoms with E-state index in [4.69, 9.17) is 0 Å². The van der Waals surface area contributed by atoms with Gasteiger partial charge in [0.05, 0.1) is 0 Å². The molecule has 2 heterocycles. The molecule has 0 saturated carbocycles. The molecule has 0 unspecified atom stereocenters. The number of hydrogen-bond acceptors (Lipinski definition) is 5. The molecule has 2 aromatic rings. The third-order valence-corrected chi connectivity index (χ3v) is 6.71. The predicted molar refractivity (Wildman–Crippen MR) is 78.2 cm³/mol. The summed E-state index contributed by atoms with van der Waals surface area (Å²) in [6.45, 7) is 1.97. The summed E-state index contributed by atoms with van der Waals surface area (Å²) in [6, 6.07) is 7.02. The van der Waals surface area contributed by atoms with Crippen LogP contribution in [0.2, 0.25) is 0 Å². The van der Waals surface area contributed by atoms with Gasteiger partial charge in [-0.15, -0.1) is 22.7 Å². The van der Waals surface area contributed by atoms with Crippen LogP contribution in [0.1, 0.15) is 22.8 Å². The van der Waals surface area contributed by atoms with Crippen LogP contribution in [0.4, 0.5) is 0 Å². The molecule has 0 aliphatic rings. The molecule has 19 heavy (non-hydrogen) atoms. The number of thiophene rings is 2. The van der Waals surface area contributed by atoms with E-state index in [1.54, 1.807) is 12.1 Å². The minimum absolute atomic E-state index is 0.0117. The number of sulfonamides is 1. The van der Waals surface area contributed by atoms with Crippen molar-refractivity contribution in [3.63, 3.8) is 0 Å². The van der Waals surface area contributed by atoms with Crippen LogP contribution in [0.3, 0.4) is 0 Å². The quantitative estimate of drug-likeness (QED) is 0.859. The second-order valence-corrected chi connectivity index (χ2v) is 8.10. The zero-order valence-corrected chi connectivity index (χ0v) is 12.8. The van der Waals surface area contributed by atoms with E-state index >= 15 is 0 Å². The summed E-state index contributed by atoms with van der Waals surface area (Å²) in [5, 5.41) is 11.7. The molecule has 2 N–H and O–H groups in total. The number of aryl methyl sites for hydroxylation is 1. The number of rotatable bonds is 6. The lowest BCUT2D eigenvalue weighted by molar-refractivity contribution is 0.186. The molecular formula is C12H15NO3S3. The zero-order valence-electron chi connectivity index (χ0n) is 10.4. The molecule has 0 aliphatic heterocycles. The highest BCUT2D eigenvalue weighted by atomic mass is 32.2. The summed E-state index contributed by atoms with van der Waals surface area (Å²) in [5.41, 5.74) is 0. The Morgan fingerprint density at radius 3 is 2.74 bits per heavy atom. The van der Waals surface area contributed by atoms with Gasteiger partial charge in [-0.05, 0) is 30.0 Å². The third-order valence-electron chi connectivity index (χ3n) is 2.59. The first kappa shape index (κ1) is 14.7. The maximum atomic E-state index is 12.0. The molecule has 2 aromatic heterocycles. The van der Waals surface area contributed by atoms with Crippen molar-refractivity contribution in [3.8, 4) is 0 Å². The van der Waals surface area contributed by atoms with Crippen molar-refractivity contribution in [2.45, 2.75) is 23.7 Å². The van der Waals surface area contributed by atoms with Crippen LogP contribution in [0.25, 0.3) is 0 Å². The minimum atomic E-state index is -3.52. The van der Waals surface area contributed by atoms with Gasteiger partial charge in [0.15, 0.2) is 0 Å². The van der Waals surface area contributed by atoms with Crippen molar-refractivity contribution >= 4 is 32.7 Å². The molecule has 0 bridgehead atoms. The Labute approximate surface area is 120 Å². The summed E-state index contributed by atoms with van der Waals surface area (Å²) >= 11 is 2.66. The van der Waals surface area contributed by atoms with Crippen LogP contribution in [0.15, 0.2) is 33.9 Å². The highest BCUT2D eigenvalue weighted by Crippen LogP contribution is 2.23. The lowest BCUT2D eigenvalue weighted by Gasteiger charge is -2.09. The maximum Gasteiger partial charge on any atom is 0.250 e. The van der Waals surface area contributed by atoms with Crippen LogP contribution >= 0.6 is 22.7 Å². The molecule has 1 atom stereocenters. The summed E-state index contributed by atoms with van der Waals surface area (Å²) in [7, 11) is -3.52. The number of nitrogens with one attached hydrogen (secondary N) is 1. The van der Waals surface area contributed by atoms with Crippen molar-refractivity contribution in [1.29, 1.82) is 0 Å². The molecule has 0 amide bonds. The molecule has 0 aromatic carbocycles. The molecule has 7 heteroatoms. The van der Waals surface area contributed by atoms with Gasteiger partial charge in [-0.25, -0.2) is 13.1 Å². The van der Waals surface area contributed by atoms with Gasteiger partial charge in [0.1, 0.15) is 10.3 Å². The highest BCUT2D eigenvalue weighted by molar-refractivity contribution is 7.91. The fourth-order valence-corrected chi connectivity index (χ4v) is 4.62. The Morgan fingerprint density at radius 1 is 1.37 bits per heavy atom. The average molecular weight is 317 g/mol. The van der Waals surface area contributed by atoms with Crippen LogP contribution in [0, 0.1) is 0 Å². The first-order valence-electron chi connectivity index (χ1n) is 5.83. The van der Waals surface area contributed by atoms with E-state index < -0.39 is 16.1 Å². The Bertz CT molecular complexity index is 616. The van der Waals surface area contributed by atoms with Crippen molar-refractivity contribution in [2.24, 2.45) is 0 Å². The van der Waals surface area contributed by atoms with Crippen molar-refractivity contribution in [1.82, 2.24) is 4.72 Å². The largest absolute Gasteiger partial charge is 0.386 e. The summed E-state index contributed by atoms with van der Waals surface area (Å²) in [6.07, 6.45) is 0.0123. The molecule has 4 nitrogen and oxygen atoms in total. The molecule has 104 valence electrons. The summed E-state index contributed by atoms with van der Waals surface area (Å²) in [5.74, 6) is 0. The topological polar surface area (TPSA) is 66.4 Å². The fraction of sp³-hybridized carbons (Fsp3) is 0.333. The number of hydrogen-bond donors (Lipinski definition) is 2. The Morgan fingerprint density at radius 2 is 2.16 bits per heavy atom. The normalized spacial score (nSPS) is 13.6. The molecule has 0 saturated heterocycles. The molecule has 0 radical (unpaired) electrons. The lowest BCUT2D eigenvalue weighted by Crippen LogP contribution is -2.27. The van der Waals surface area contributed by atoms with E-state index in [0.29, 0.717) is 4.21 Å². The maximum absolute atomic E-state index is 12.0. The second kappa shape index (κ2) is 6.15. The van der Waals surface area contributed by atoms with Crippen LogP contribution in [-0.4, -0.2) is 20.1 Å². The van der Waals surface area contributed by atoms with Gasteiger partial charge in [-0.1, -0.05) is 13.0 Å². The van der Waals surface area contributed by atoms with E-state index in [9.17, 15) is 13.5 Å². The van der Waals surface area contributed by atoms with E-state index in [0.717, 1.165) is 16.2 Å². The molecule has 2 rings (SSSR count). The lowest BCUT2D eigenvalue weighted by atomic mass is 10.3. The van der Waals surface area contributed by atoms with Gasteiger partial charge in [-0.2, -0.15) is 0 Å². The van der Waals surface area contributed by atoms with Gasteiger partial charge in [0.2, 0.25) is 10.0 Å². The van der Waals surface area contributed by atoms with Gasteiger partial charge in [0.25, 0.3) is 0 Å². The Kier molecular flexibility index (Phi) is 4.75. The van der Waals surface area contributed by atoms with Gasteiger partial charge in [0, 0.05) is 16.3 Å². The van der Waals surface area contributed by atoms with Crippen LogP contribution in [0.5, 0.6) is 0 Å². The predicted octanol–water partition coefficient (Wildman–Crippen LogP) is 2.38. The fourth-order valence-electron chi connectivity index (χ4n) is 1.53. The molecule has 0 spiro atoms. The van der Waals surface area contributed by atoms with Gasteiger partial charge >= 0.3 is 0 Å². The molecule has 0 fully saturated rings. The van der Waals surface area contributed by atoms with E-state index in [-0.39, 0.29) is 6.54 Å². The standard InChI is InChI=1S/C12H15NO3S3/c1-2-9-5-6-12(18-9)19(15,16)13-8-10(14)11-4-3-7-17-11/h3-7,10,13-14H,2,8H2,1H3/t10-/m0/s1. The molecular weight excluding hydrogens is 302 g/mol. The highest BCUT2D eigenvalue weighted by Gasteiger charge is 2.18. The zero-order chi connectivity index (χ0) is 13.9. The minimum Gasteiger partial charge on any atom is -0.386 e. The molecule has 0 aliphatic carbocycles. The summed E-state index contributed by atoms with van der Waals surface area (Å²) < 4.78 is 26.8. The van der Waals surface area contributed by atoms with E-state index in [2.05, 4.69) is 4.72 Å².